The Morgan fingerprint density at radius 1 is 1.21 bits per heavy atom. The molecular weight excluding hydrogens is 354 g/mol. The van der Waals surface area contributed by atoms with Crippen molar-refractivity contribution in [3.8, 4) is 0 Å². The summed E-state index contributed by atoms with van der Waals surface area (Å²) in [6, 6.07) is 8.17. The van der Waals surface area contributed by atoms with E-state index in [-0.39, 0.29) is 5.56 Å². The molecule has 0 saturated carbocycles. The van der Waals surface area contributed by atoms with Crippen molar-refractivity contribution in [1.29, 1.82) is 0 Å². The SMILES string of the molecule is Cc1ccccc1Cn1c(N2CCCCC(C)C2)nc2c1c(=O)[nH]c(=O)n2C. The number of nitrogens with zero attached hydrogens (tertiary/aromatic N) is 4. The lowest BCUT2D eigenvalue weighted by Gasteiger charge is -2.25. The topological polar surface area (TPSA) is 75.9 Å². The lowest BCUT2D eigenvalue weighted by molar-refractivity contribution is 0.540. The number of nitrogens with one attached hydrogen (secondary N) is 1. The van der Waals surface area contributed by atoms with Crippen molar-refractivity contribution in [2.45, 2.75) is 39.7 Å². The first-order chi connectivity index (χ1) is 13.5. The summed E-state index contributed by atoms with van der Waals surface area (Å²) in [5.41, 5.74) is 2.38. The van der Waals surface area contributed by atoms with Crippen LogP contribution in [0.5, 0.6) is 0 Å². The van der Waals surface area contributed by atoms with Crippen LogP contribution in [0.4, 0.5) is 5.95 Å². The second-order valence-corrected chi connectivity index (χ2v) is 7.96. The van der Waals surface area contributed by atoms with Crippen LogP contribution in [-0.2, 0) is 13.6 Å². The third kappa shape index (κ3) is 3.25. The van der Waals surface area contributed by atoms with Crippen LogP contribution in [0, 0.1) is 12.8 Å². The fourth-order valence-corrected chi connectivity index (χ4v) is 4.11. The van der Waals surface area contributed by atoms with Crippen molar-refractivity contribution in [2.75, 3.05) is 18.0 Å². The van der Waals surface area contributed by atoms with Gasteiger partial charge in [-0.15, -0.1) is 0 Å². The van der Waals surface area contributed by atoms with E-state index in [4.69, 9.17) is 4.98 Å². The van der Waals surface area contributed by atoms with Crippen LogP contribution < -0.4 is 16.1 Å². The monoisotopic (exact) mass is 381 g/mol. The third-order valence-corrected chi connectivity index (χ3v) is 5.77. The highest BCUT2D eigenvalue weighted by molar-refractivity contribution is 5.74. The zero-order chi connectivity index (χ0) is 19.8. The summed E-state index contributed by atoms with van der Waals surface area (Å²) in [6.45, 7) is 6.69. The van der Waals surface area contributed by atoms with Crippen LogP contribution in [0.25, 0.3) is 11.2 Å². The number of rotatable bonds is 3. The zero-order valence-corrected chi connectivity index (χ0v) is 16.7. The van der Waals surface area contributed by atoms with Crippen molar-refractivity contribution >= 4 is 17.1 Å². The molecule has 0 radical (unpaired) electrons. The molecule has 7 heteroatoms. The lowest BCUT2D eigenvalue weighted by Crippen LogP contribution is -2.31. The van der Waals surface area contributed by atoms with Gasteiger partial charge in [0.25, 0.3) is 5.56 Å². The van der Waals surface area contributed by atoms with Crippen LogP contribution in [0.2, 0.25) is 0 Å². The number of aromatic nitrogens is 4. The van der Waals surface area contributed by atoms with Crippen molar-refractivity contribution in [3.05, 3.63) is 56.2 Å². The van der Waals surface area contributed by atoms with E-state index < -0.39 is 5.69 Å². The first-order valence-corrected chi connectivity index (χ1v) is 9.94. The largest absolute Gasteiger partial charge is 0.342 e. The number of hydrogen-bond acceptors (Lipinski definition) is 4. The molecule has 4 rings (SSSR count). The summed E-state index contributed by atoms with van der Waals surface area (Å²) in [6.07, 6.45) is 3.51. The van der Waals surface area contributed by atoms with Crippen LogP contribution in [0.3, 0.4) is 0 Å². The van der Waals surface area contributed by atoms with Gasteiger partial charge in [-0.1, -0.05) is 37.6 Å². The number of aryl methyl sites for hydroxylation is 2. The molecule has 1 fully saturated rings. The average Bonchev–Trinajstić information content (AvgIpc) is 2.90. The van der Waals surface area contributed by atoms with E-state index in [2.05, 4.69) is 35.9 Å². The van der Waals surface area contributed by atoms with Gasteiger partial charge in [-0.25, -0.2) is 4.79 Å². The highest BCUT2D eigenvalue weighted by atomic mass is 16.2. The zero-order valence-electron chi connectivity index (χ0n) is 16.7. The molecule has 3 aromatic rings. The Morgan fingerprint density at radius 2 is 2.00 bits per heavy atom. The van der Waals surface area contributed by atoms with Gasteiger partial charge in [-0.2, -0.15) is 4.98 Å². The van der Waals surface area contributed by atoms with Crippen molar-refractivity contribution < 1.29 is 0 Å². The molecule has 1 N–H and O–H groups in total. The maximum absolute atomic E-state index is 12.7. The summed E-state index contributed by atoms with van der Waals surface area (Å²) < 4.78 is 3.41. The van der Waals surface area contributed by atoms with Gasteiger partial charge >= 0.3 is 5.69 Å². The van der Waals surface area contributed by atoms with Crippen molar-refractivity contribution in [3.63, 3.8) is 0 Å². The minimum Gasteiger partial charge on any atom is -0.342 e. The number of hydrogen-bond donors (Lipinski definition) is 1. The molecule has 7 nitrogen and oxygen atoms in total. The van der Waals surface area contributed by atoms with Gasteiger partial charge in [-0.3, -0.25) is 18.9 Å². The van der Waals surface area contributed by atoms with E-state index >= 15 is 0 Å². The predicted molar refractivity (Wildman–Crippen MR) is 111 cm³/mol. The number of H-pyrrole nitrogens is 1. The van der Waals surface area contributed by atoms with Crippen LogP contribution in [-0.4, -0.2) is 32.2 Å². The molecule has 1 unspecified atom stereocenters. The van der Waals surface area contributed by atoms with E-state index in [0.29, 0.717) is 23.6 Å². The highest BCUT2D eigenvalue weighted by Crippen LogP contribution is 2.26. The van der Waals surface area contributed by atoms with Crippen molar-refractivity contribution in [2.24, 2.45) is 13.0 Å². The summed E-state index contributed by atoms with van der Waals surface area (Å²) in [5, 5.41) is 0. The molecule has 148 valence electrons. The van der Waals surface area contributed by atoms with E-state index in [1.807, 2.05) is 16.7 Å². The number of aromatic amines is 1. The molecule has 0 amide bonds. The number of imidazole rings is 1. The highest BCUT2D eigenvalue weighted by Gasteiger charge is 2.24. The lowest BCUT2D eigenvalue weighted by atomic mass is 10.1. The summed E-state index contributed by atoms with van der Waals surface area (Å²) >= 11 is 0. The number of benzene rings is 1. The smallest absolute Gasteiger partial charge is 0.329 e. The maximum atomic E-state index is 12.7. The number of fused-ring (bicyclic) bond motifs is 1. The molecule has 0 spiro atoms. The van der Waals surface area contributed by atoms with Crippen LogP contribution in [0.15, 0.2) is 33.9 Å². The normalized spacial score (nSPS) is 17.8. The van der Waals surface area contributed by atoms with Gasteiger partial charge in [0.2, 0.25) is 5.95 Å². The Balaban J connectivity index is 1.94. The van der Waals surface area contributed by atoms with Gasteiger partial charge in [0.05, 0.1) is 6.54 Å². The Hall–Kier alpha value is -2.83. The molecule has 1 saturated heterocycles. The molecule has 1 aliphatic heterocycles. The maximum Gasteiger partial charge on any atom is 0.329 e. The molecule has 28 heavy (non-hydrogen) atoms. The van der Waals surface area contributed by atoms with E-state index in [1.54, 1.807) is 7.05 Å². The third-order valence-electron chi connectivity index (χ3n) is 5.77. The standard InChI is InChI=1S/C21H27N5O2/c1-14-8-6-7-11-25(12-14)20-22-18-17(19(27)23-21(28)24(18)3)26(20)13-16-10-5-4-9-15(16)2/h4-5,9-10,14H,6-8,11-13H2,1-3H3,(H,23,27,28). The molecule has 2 aromatic heterocycles. The second-order valence-electron chi connectivity index (χ2n) is 7.96. The van der Waals surface area contributed by atoms with Gasteiger partial charge in [-0.05, 0) is 36.8 Å². The molecule has 1 aliphatic rings. The number of anilines is 1. The fraction of sp³-hybridized carbons (Fsp3) is 0.476. The quantitative estimate of drug-likeness (QED) is 0.756. The van der Waals surface area contributed by atoms with Gasteiger partial charge in [0, 0.05) is 20.1 Å². The molecule has 0 aliphatic carbocycles. The van der Waals surface area contributed by atoms with Crippen LogP contribution >= 0.6 is 0 Å². The Bertz CT molecular complexity index is 1120. The molecule has 3 heterocycles. The average molecular weight is 381 g/mol. The predicted octanol–water partition coefficient (Wildman–Crippen LogP) is 2.41. The second kappa shape index (κ2) is 7.30. The summed E-state index contributed by atoms with van der Waals surface area (Å²) in [5.74, 6) is 1.34. The fourth-order valence-electron chi connectivity index (χ4n) is 4.11. The summed E-state index contributed by atoms with van der Waals surface area (Å²) in [7, 11) is 1.65. The van der Waals surface area contributed by atoms with Crippen LogP contribution in [0.1, 0.15) is 37.3 Å². The minimum absolute atomic E-state index is 0.381. The van der Waals surface area contributed by atoms with Gasteiger partial charge < -0.3 is 4.90 Å². The first-order valence-electron chi connectivity index (χ1n) is 9.94. The van der Waals surface area contributed by atoms with E-state index in [9.17, 15) is 9.59 Å². The summed E-state index contributed by atoms with van der Waals surface area (Å²) in [4.78, 5) is 34.3. The molecule has 0 bridgehead atoms. The first kappa shape index (κ1) is 18.5. The van der Waals surface area contributed by atoms with Crippen molar-refractivity contribution in [1.82, 2.24) is 19.1 Å². The minimum atomic E-state index is -0.436. The Morgan fingerprint density at radius 3 is 2.79 bits per heavy atom. The van der Waals surface area contributed by atoms with E-state index in [1.165, 1.54) is 23.0 Å². The van der Waals surface area contributed by atoms with Gasteiger partial charge in [0.1, 0.15) is 0 Å². The molecule has 1 aromatic carbocycles. The molecule has 1 atom stereocenters. The van der Waals surface area contributed by atoms with E-state index in [0.717, 1.165) is 31.0 Å². The Kier molecular flexibility index (Phi) is 4.83. The van der Waals surface area contributed by atoms with Gasteiger partial charge in [0.15, 0.2) is 11.2 Å². The Labute approximate surface area is 163 Å². The molecular formula is C21H27N5O2.